The number of nitrogens with zero attached hydrogens (tertiary/aromatic N) is 2. The molecule has 0 unspecified atom stereocenters. The van der Waals surface area contributed by atoms with Crippen molar-refractivity contribution in [2.75, 3.05) is 13.7 Å². The molecule has 0 radical (unpaired) electrons. The van der Waals surface area contributed by atoms with Crippen LogP contribution in [0.5, 0.6) is 0 Å². The Kier molecular flexibility index (Phi) is 4.72. The number of oxazole rings is 1. The fourth-order valence-electron chi connectivity index (χ4n) is 2.58. The smallest absolute Gasteiger partial charge is 0.220 e. The van der Waals surface area contributed by atoms with Crippen molar-refractivity contribution >= 4 is 21.6 Å². The molecule has 1 aliphatic heterocycles. The van der Waals surface area contributed by atoms with E-state index < -0.39 is 10.0 Å². The summed E-state index contributed by atoms with van der Waals surface area (Å²) in [5.41, 5.74) is 1.33. The number of halogens is 1. The summed E-state index contributed by atoms with van der Waals surface area (Å²) >= 11 is 5.92. The minimum absolute atomic E-state index is 0.0777. The minimum atomic E-state index is -3.44. The average molecular weight is 357 g/mol. The average Bonchev–Trinajstić information content (AvgIpc) is 2.88. The van der Waals surface area contributed by atoms with E-state index >= 15 is 0 Å². The summed E-state index contributed by atoms with van der Waals surface area (Å²) in [6.07, 6.45) is 0.515. The van der Waals surface area contributed by atoms with Gasteiger partial charge in [-0.15, -0.1) is 0 Å². The Hall–Kier alpha value is -1.41. The number of sulfonamides is 1. The van der Waals surface area contributed by atoms with E-state index in [4.69, 9.17) is 20.8 Å². The molecule has 1 aliphatic rings. The van der Waals surface area contributed by atoms with Crippen LogP contribution in [0.1, 0.15) is 22.9 Å². The molecule has 0 fully saturated rings. The highest BCUT2D eigenvalue weighted by Crippen LogP contribution is 2.24. The summed E-state index contributed by atoms with van der Waals surface area (Å²) in [5.74, 6) is 1.14. The maximum Gasteiger partial charge on any atom is 0.220 e. The molecule has 124 valence electrons. The van der Waals surface area contributed by atoms with Crippen LogP contribution in [0.25, 0.3) is 0 Å². The SMILES string of the molecule is COCc1nc2c(o1)CCN(S(=O)(=O)Cc1cccc(Cl)c1)C2. The zero-order valence-electron chi connectivity index (χ0n) is 12.7. The third kappa shape index (κ3) is 3.74. The van der Waals surface area contributed by atoms with Crippen molar-refractivity contribution in [2.45, 2.75) is 25.3 Å². The Morgan fingerprint density at radius 3 is 3.00 bits per heavy atom. The highest BCUT2D eigenvalue weighted by atomic mass is 35.5. The van der Waals surface area contributed by atoms with Crippen molar-refractivity contribution < 1.29 is 17.6 Å². The van der Waals surface area contributed by atoms with Crippen LogP contribution in [0.3, 0.4) is 0 Å². The molecule has 1 aromatic heterocycles. The standard InChI is InChI=1S/C15H17ClN2O4S/c1-21-9-15-17-13-8-18(6-5-14(13)22-15)23(19,20)10-11-3-2-4-12(16)7-11/h2-4,7H,5-6,8-10H2,1H3. The predicted molar refractivity (Wildman–Crippen MR) is 85.4 cm³/mol. The molecule has 23 heavy (non-hydrogen) atoms. The molecule has 0 saturated carbocycles. The molecule has 1 aromatic carbocycles. The minimum Gasteiger partial charge on any atom is -0.443 e. The van der Waals surface area contributed by atoms with Gasteiger partial charge in [-0.05, 0) is 17.7 Å². The normalized spacial score (nSPS) is 15.6. The zero-order chi connectivity index (χ0) is 16.4. The van der Waals surface area contributed by atoms with Crippen LogP contribution in [0.2, 0.25) is 5.02 Å². The highest BCUT2D eigenvalue weighted by Gasteiger charge is 2.30. The Labute approximate surface area is 140 Å². The van der Waals surface area contributed by atoms with E-state index in [1.165, 1.54) is 4.31 Å². The second kappa shape index (κ2) is 6.60. The molecule has 6 nitrogen and oxygen atoms in total. The van der Waals surface area contributed by atoms with Gasteiger partial charge < -0.3 is 9.15 Å². The lowest BCUT2D eigenvalue weighted by molar-refractivity contribution is 0.158. The van der Waals surface area contributed by atoms with Gasteiger partial charge in [0.1, 0.15) is 12.4 Å². The van der Waals surface area contributed by atoms with E-state index in [0.717, 1.165) is 5.76 Å². The van der Waals surface area contributed by atoms with Gasteiger partial charge in [0.2, 0.25) is 15.9 Å². The number of aromatic nitrogens is 1. The summed E-state index contributed by atoms with van der Waals surface area (Å²) in [7, 11) is -1.88. The van der Waals surface area contributed by atoms with Gasteiger partial charge in [-0.3, -0.25) is 0 Å². The molecule has 3 rings (SSSR count). The third-order valence-electron chi connectivity index (χ3n) is 3.64. The first-order valence-electron chi connectivity index (χ1n) is 7.16. The van der Waals surface area contributed by atoms with Gasteiger partial charge in [-0.2, -0.15) is 4.31 Å². The number of benzene rings is 1. The van der Waals surface area contributed by atoms with Crippen molar-refractivity contribution in [2.24, 2.45) is 0 Å². The van der Waals surface area contributed by atoms with Crippen LogP contribution in [-0.2, 0) is 40.1 Å². The molecule has 0 bridgehead atoms. The van der Waals surface area contributed by atoms with Crippen LogP contribution >= 0.6 is 11.6 Å². The van der Waals surface area contributed by atoms with Crippen molar-refractivity contribution in [3.8, 4) is 0 Å². The number of hydrogen-bond acceptors (Lipinski definition) is 5. The largest absolute Gasteiger partial charge is 0.443 e. The lowest BCUT2D eigenvalue weighted by atomic mass is 10.2. The number of methoxy groups -OCH3 is 1. The summed E-state index contributed by atoms with van der Waals surface area (Å²) in [6.45, 7) is 0.894. The molecule has 0 amide bonds. The van der Waals surface area contributed by atoms with Crippen LogP contribution in [0, 0.1) is 0 Å². The Morgan fingerprint density at radius 2 is 2.26 bits per heavy atom. The Balaban J connectivity index is 1.76. The lowest BCUT2D eigenvalue weighted by Gasteiger charge is -2.24. The monoisotopic (exact) mass is 356 g/mol. The number of fused-ring (bicyclic) bond motifs is 1. The van der Waals surface area contributed by atoms with Crippen LogP contribution < -0.4 is 0 Å². The molecular formula is C15H17ClN2O4S. The third-order valence-corrected chi connectivity index (χ3v) is 5.67. The van der Waals surface area contributed by atoms with Gasteiger partial charge in [0.25, 0.3) is 0 Å². The fraction of sp³-hybridized carbons (Fsp3) is 0.400. The number of rotatable bonds is 5. The van der Waals surface area contributed by atoms with E-state index in [1.807, 2.05) is 0 Å². The van der Waals surface area contributed by atoms with Gasteiger partial charge in [0.15, 0.2) is 0 Å². The fourth-order valence-corrected chi connectivity index (χ4v) is 4.26. The summed E-state index contributed by atoms with van der Waals surface area (Å²) in [4.78, 5) is 4.31. The molecule has 2 heterocycles. The lowest BCUT2D eigenvalue weighted by Crippen LogP contribution is -2.36. The molecule has 0 N–H and O–H groups in total. The van der Waals surface area contributed by atoms with E-state index in [0.29, 0.717) is 35.1 Å². The molecular weight excluding hydrogens is 340 g/mol. The zero-order valence-corrected chi connectivity index (χ0v) is 14.2. The van der Waals surface area contributed by atoms with Gasteiger partial charge in [0.05, 0.1) is 18.0 Å². The molecule has 0 aliphatic carbocycles. The van der Waals surface area contributed by atoms with Gasteiger partial charge in [-0.1, -0.05) is 23.7 Å². The number of ether oxygens (including phenoxy) is 1. The van der Waals surface area contributed by atoms with Gasteiger partial charge >= 0.3 is 0 Å². The van der Waals surface area contributed by atoms with Crippen molar-refractivity contribution in [3.63, 3.8) is 0 Å². The van der Waals surface area contributed by atoms with E-state index in [1.54, 1.807) is 31.4 Å². The van der Waals surface area contributed by atoms with E-state index in [9.17, 15) is 8.42 Å². The molecule has 0 spiro atoms. The van der Waals surface area contributed by atoms with Crippen LogP contribution in [0.15, 0.2) is 28.7 Å². The van der Waals surface area contributed by atoms with E-state index in [2.05, 4.69) is 4.98 Å². The Morgan fingerprint density at radius 1 is 1.43 bits per heavy atom. The first-order valence-corrected chi connectivity index (χ1v) is 9.15. The Bertz CT molecular complexity index is 804. The second-order valence-electron chi connectivity index (χ2n) is 5.38. The first kappa shape index (κ1) is 16.4. The molecule has 8 heteroatoms. The topological polar surface area (TPSA) is 72.6 Å². The summed E-state index contributed by atoms with van der Waals surface area (Å²) < 4.78 is 37.2. The van der Waals surface area contributed by atoms with Crippen molar-refractivity contribution in [1.29, 1.82) is 0 Å². The summed E-state index contributed by atoms with van der Waals surface area (Å²) in [5, 5.41) is 0.527. The van der Waals surface area contributed by atoms with E-state index in [-0.39, 0.29) is 18.9 Å². The van der Waals surface area contributed by atoms with Crippen LogP contribution in [-0.4, -0.2) is 31.4 Å². The van der Waals surface area contributed by atoms with Crippen molar-refractivity contribution in [1.82, 2.24) is 9.29 Å². The maximum atomic E-state index is 12.6. The van der Waals surface area contributed by atoms with Crippen molar-refractivity contribution in [3.05, 3.63) is 52.2 Å². The molecule has 2 aromatic rings. The maximum absolute atomic E-state index is 12.6. The molecule has 0 saturated heterocycles. The highest BCUT2D eigenvalue weighted by molar-refractivity contribution is 7.88. The summed E-state index contributed by atoms with van der Waals surface area (Å²) in [6, 6.07) is 6.89. The van der Waals surface area contributed by atoms with Crippen LogP contribution in [0.4, 0.5) is 0 Å². The quantitative estimate of drug-likeness (QED) is 0.822. The van der Waals surface area contributed by atoms with Gasteiger partial charge in [-0.25, -0.2) is 13.4 Å². The predicted octanol–water partition coefficient (Wildman–Crippen LogP) is 2.36. The number of hydrogen-bond donors (Lipinski definition) is 0. The molecule has 0 atom stereocenters. The second-order valence-corrected chi connectivity index (χ2v) is 7.79. The first-order chi connectivity index (χ1) is 11.0. The van der Waals surface area contributed by atoms with Gasteiger partial charge in [0, 0.05) is 25.1 Å².